The molecule has 13 nitrogen and oxygen atoms in total. The normalized spacial score (nSPS) is 13.6. The third kappa shape index (κ3) is 10.7. The average molecular weight is 401 g/mol. The fourth-order valence-corrected chi connectivity index (χ4v) is 2.11. The lowest BCUT2D eigenvalue weighted by atomic mass is 10.1. The minimum Gasteiger partial charge on any atom is -0.370 e. The van der Waals surface area contributed by atoms with Crippen LogP contribution >= 0.6 is 0 Å². The molecule has 0 spiro atoms. The number of hydrogen-bond acceptors (Lipinski definition) is 7. The van der Waals surface area contributed by atoms with Crippen LogP contribution in [-0.2, 0) is 28.8 Å². The van der Waals surface area contributed by atoms with Gasteiger partial charge in [-0.05, 0) is 19.3 Å². The van der Waals surface area contributed by atoms with Crippen molar-refractivity contribution in [2.24, 2.45) is 28.7 Å². The molecule has 0 aromatic heterocycles. The second-order valence-corrected chi connectivity index (χ2v) is 6.14. The fraction of sp³-hybridized carbons (Fsp3) is 0.600. The Kier molecular flexibility index (Phi) is 10.8. The van der Waals surface area contributed by atoms with Crippen molar-refractivity contribution in [3.05, 3.63) is 0 Å². The van der Waals surface area contributed by atoms with E-state index in [1.165, 1.54) is 0 Å². The van der Waals surface area contributed by atoms with Crippen molar-refractivity contribution in [2.75, 3.05) is 0 Å². The van der Waals surface area contributed by atoms with Gasteiger partial charge in [0.15, 0.2) is 0 Å². The molecule has 12 N–H and O–H groups in total. The number of hydrogen-bond donors (Lipinski definition) is 7. The molecule has 3 unspecified atom stereocenters. The van der Waals surface area contributed by atoms with E-state index in [1.54, 1.807) is 0 Å². The van der Waals surface area contributed by atoms with Crippen molar-refractivity contribution in [2.45, 2.75) is 56.7 Å². The molecular weight excluding hydrogens is 374 g/mol. The summed E-state index contributed by atoms with van der Waals surface area (Å²) in [6.45, 7) is 0. The maximum atomic E-state index is 12.0. The first kappa shape index (κ1) is 24.8. The molecule has 3 atom stereocenters. The van der Waals surface area contributed by atoms with E-state index >= 15 is 0 Å². The smallest absolute Gasteiger partial charge is 0.240 e. The van der Waals surface area contributed by atoms with E-state index in [4.69, 9.17) is 28.7 Å². The minimum atomic E-state index is -1.15. The molecule has 0 aliphatic rings. The number of carbonyl (C=O) groups is 6. The first-order chi connectivity index (χ1) is 12.9. The van der Waals surface area contributed by atoms with Gasteiger partial charge in [0.2, 0.25) is 35.4 Å². The average Bonchev–Trinajstić information content (AvgIpc) is 2.58. The molecule has 0 heterocycles. The molecule has 0 saturated carbocycles. The topological polar surface area (TPSA) is 257 Å². The number of rotatable bonds is 14. The quantitative estimate of drug-likeness (QED) is 0.150. The van der Waals surface area contributed by atoms with Gasteiger partial charge in [-0.3, -0.25) is 28.8 Å². The molecule has 13 heteroatoms. The van der Waals surface area contributed by atoms with Crippen LogP contribution in [0.4, 0.5) is 0 Å². The van der Waals surface area contributed by atoms with E-state index in [9.17, 15) is 28.8 Å². The van der Waals surface area contributed by atoms with Gasteiger partial charge in [-0.25, -0.2) is 0 Å². The van der Waals surface area contributed by atoms with Gasteiger partial charge in [0.1, 0.15) is 12.1 Å². The van der Waals surface area contributed by atoms with Gasteiger partial charge in [-0.15, -0.1) is 0 Å². The predicted octanol–water partition coefficient (Wildman–Crippen LogP) is -4.43. The van der Waals surface area contributed by atoms with Crippen LogP contribution in [0.3, 0.4) is 0 Å². The highest BCUT2D eigenvalue weighted by molar-refractivity contribution is 5.90. The zero-order valence-electron chi connectivity index (χ0n) is 15.3. The largest absolute Gasteiger partial charge is 0.370 e. The van der Waals surface area contributed by atoms with E-state index in [-0.39, 0.29) is 38.5 Å². The Labute approximate surface area is 161 Å². The van der Waals surface area contributed by atoms with Crippen LogP contribution in [0.15, 0.2) is 0 Å². The van der Waals surface area contributed by atoms with Gasteiger partial charge < -0.3 is 39.3 Å². The molecule has 0 aromatic rings. The van der Waals surface area contributed by atoms with Crippen LogP contribution < -0.4 is 39.3 Å². The van der Waals surface area contributed by atoms with Gasteiger partial charge in [0, 0.05) is 19.3 Å². The SMILES string of the molecule is NC(=O)CCC(NC(=O)CCC(N)C(=O)NC(CCC(N)=O)C(N)=O)C(N)=O. The van der Waals surface area contributed by atoms with Crippen molar-refractivity contribution < 1.29 is 28.8 Å². The zero-order valence-corrected chi connectivity index (χ0v) is 15.3. The van der Waals surface area contributed by atoms with Gasteiger partial charge in [0.25, 0.3) is 0 Å². The van der Waals surface area contributed by atoms with Gasteiger partial charge in [-0.2, -0.15) is 0 Å². The van der Waals surface area contributed by atoms with Crippen molar-refractivity contribution in [3.63, 3.8) is 0 Å². The highest BCUT2D eigenvalue weighted by Gasteiger charge is 2.24. The molecule has 0 aliphatic heterocycles. The molecule has 0 rings (SSSR count). The Bertz CT molecular complexity index is 624. The number of carbonyl (C=O) groups excluding carboxylic acids is 6. The van der Waals surface area contributed by atoms with Gasteiger partial charge >= 0.3 is 0 Å². The minimum absolute atomic E-state index is 0.0525. The summed E-state index contributed by atoms with van der Waals surface area (Å²) in [5.74, 6) is -4.38. The summed E-state index contributed by atoms with van der Waals surface area (Å²) in [4.78, 5) is 68.0. The zero-order chi connectivity index (χ0) is 21.9. The lowest BCUT2D eigenvalue weighted by Crippen LogP contribution is -2.51. The first-order valence-corrected chi connectivity index (χ1v) is 8.44. The second-order valence-electron chi connectivity index (χ2n) is 6.14. The fourth-order valence-electron chi connectivity index (χ4n) is 2.11. The van der Waals surface area contributed by atoms with Crippen molar-refractivity contribution >= 4 is 35.4 Å². The maximum absolute atomic E-state index is 12.0. The molecule has 158 valence electrons. The van der Waals surface area contributed by atoms with E-state index in [0.717, 1.165) is 0 Å². The van der Waals surface area contributed by atoms with Gasteiger partial charge in [0.05, 0.1) is 6.04 Å². The number of amides is 6. The van der Waals surface area contributed by atoms with Crippen LogP contribution in [0, 0.1) is 0 Å². The van der Waals surface area contributed by atoms with E-state index in [0.29, 0.717) is 0 Å². The molecule has 0 saturated heterocycles. The Morgan fingerprint density at radius 2 is 1.07 bits per heavy atom. The molecule has 0 aliphatic carbocycles. The summed E-state index contributed by atoms with van der Waals surface area (Å²) in [5.41, 5.74) is 25.9. The monoisotopic (exact) mass is 401 g/mol. The van der Waals surface area contributed by atoms with E-state index < -0.39 is 53.6 Å². The van der Waals surface area contributed by atoms with Crippen LogP contribution in [-0.4, -0.2) is 53.6 Å². The molecule has 28 heavy (non-hydrogen) atoms. The van der Waals surface area contributed by atoms with E-state index in [1.807, 2.05) is 0 Å². The standard InChI is InChI=1S/C15H27N7O6/c16-7(15(28)22-9(14(20)27)3-5-11(18)24)1-6-12(25)21-8(13(19)26)2-4-10(17)23/h7-9H,1-6,16H2,(H2,17,23)(H2,18,24)(H2,19,26)(H2,20,27)(H,21,25)(H,22,28). The summed E-state index contributed by atoms with van der Waals surface area (Å²) < 4.78 is 0. The van der Waals surface area contributed by atoms with Crippen molar-refractivity contribution in [1.29, 1.82) is 0 Å². The van der Waals surface area contributed by atoms with Crippen LogP contribution in [0.5, 0.6) is 0 Å². The number of nitrogens with two attached hydrogens (primary N) is 5. The number of primary amides is 4. The Morgan fingerprint density at radius 3 is 1.46 bits per heavy atom. The van der Waals surface area contributed by atoms with Crippen LogP contribution in [0.1, 0.15) is 38.5 Å². The summed E-state index contributed by atoms with van der Waals surface area (Å²) in [7, 11) is 0. The Morgan fingerprint density at radius 1 is 0.643 bits per heavy atom. The maximum Gasteiger partial charge on any atom is 0.240 e. The predicted molar refractivity (Wildman–Crippen MR) is 96.3 cm³/mol. The highest BCUT2D eigenvalue weighted by atomic mass is 16.2. The van der Waals surface area contributed by atoms with Crippen molar-refractivity contribution in [1.82, 2.24) is 10.6 Å². The lowest BCUT2D eigenvalue weighted by molar-refractivity contribution is -0.130. The summed E-state index contributed by atoms with van der Waals surface area (Å²) in [6.07, 6.45) is -0.772. The second kappa shape index (κ2) is 12.2. The lowest BCUT2D eigenvalue weighted by Gasteiger charge is -2.19. The van der Waals surface area contributed by atoms with Crippen LogP contribution in [0.25, 0.3) is 0 Å². The highest BCUT2D eigenvalue weighted by Crippen LogP contribution is 2.02. The van der Waals surface area contributed by atoms with E-state index in [2.05, 4.69) is 10.6 Å². The van der Waals surface area contributed by atoms with Crippen molar-refractivity contribution in [3.8, 4) is 0 Å². The molecular formula is C15H27N7O6. The first-order valence-electron chi connectivity index (χ1n) is 8.44. The third-order valence-electron chi connectivity index (χ3n) is 3.72. The third-order valence-corrected chi connectivity index (χ3v) is 3.72. The van der Waals surface area contributed by atoms with Gasteiger partial charge in [-0.1, -0.05) is 0 Å². The van der Waals surface area contributed by atoms with Crippen LogP contribution in [0.2, 0.25) is 0 Å². The summed E-state index contributed by atoms with van der Waals surface area (Å²) in [5, 5.41) is 4.61. The Balaban J connectivity index is 4.53. The molecule has 0 radical (unpaired) electrons. The summed E-state index contributed by atoms with van der Waals surface area (Å²) >= 11 is 0. The summed E-state index contributed by atoms with van der Waals surface area (Å²) in [6, 6.07) is -3.37. The number of nitrogens with one attached hydrogen (secondary N) is 2. The molecule has 6 amide bonds. The molecule has 0 aromatic carbocycles. The Hall–Kier alpha value is -3.22. The molecule has 0 fully saturated rings. The molecule has 0 bridgehead atoms.